The molecule has 18 heavy (non-hydrogen) atoms. The summed E-state index contributed by atoms with van der Waals surface area (Å²) >= 11 is 0. The minimum absolute atomic E-state index is 0.154. The first-order valence-corrected chi connectivity index (χ1v) is 5.55. The molecule has 1 aromatic heterocycles. The Morgan fingerprint density at radius 1 is 1.22 bits per heavy atom. The van der Waals surface area contributed by atoms with E-state index in [1.54, 1.807) is 0 Å². The molecule has 0 aliphatic carbocycles. The molecule has 0 radical (unpaired) electrons. The van der Waals surface area contributed by atoms with E-state index in [1.165, 1.54) is 12.4 Å². The van der Waals surface area contributed by atoms with Crippen molar-refractivity contribution in [2.45, 2.75) is 13.0 Å². The number of benzene rings is 1. The van der Waals surface area contributed by atoms with Crippen molar-refractivity contribution in [1.82, 2.24) is 9.97 Å². The summed E-state index contributed by atoms with van der Waals surface area (Å²) in [6, 6.07) is 9.76. The number of amidine groups is 1. The minimum Gasteiger partial charge on any atom is -0.468 e. The van der Waals surface area contributed by atoms with E-state index in [9.17, 15) is 0 Å². The van der Waals surface area contributed by atoms with E-state index in [1.807, 2.05) is 37.3 Å². The van der Waals surface area contributed by atoms with Crippen molar-refractivity contribution in [2.24, 2.45) is 5.73 Å². The second-order valence-electron chi connectivity index (χ2n) is 3.79. The Morgan fingerprint density at radius 2 is 1.89 bits per heavy atom. The molecule has 0 aliphatic rings. The second kappa shape index (κ2) is 5.27. The number of nitrogens with one attached hydrogen (secondary N) is 1. The summed E-state index contributed by atoms with van der Waals surface area (Å²) < 4.78 is 5.70. The van der Waals surface area contributed by atoms with Gasteiger partial charge in [0.1, 0.15) is 11.9 Å². The van der Waals surface area contributed by atoms with E-state index in [4.69, 9.17) is 15.9 Å². The molecule has 1 heterocycles. The molecule has 2 aromatic rings. The molecule has 0 saturated carbocycles. The highest BCUT2D eigenvalue weighted by molar-refractivity contribution is 5.94. The number of hydrogen-bond acceptors (Lipinski definition) is 4. The van der Waals surface area contributed by atoms with Gasteiger partial charge in [0.05, 0.1) is 0 Å². The van der Waals surface area contributed by atoms with Crippen molar-refractivity contribution in [3.63, 3.8) is 0 Å². The largest absolute Gasteiger partial charge is 0.468 e. The number of aromatic nitrogens is 2. The number of nitrogen functional groups attached to an aromatic ring is 1. The third kappa shape index (κ3) is 2.63. The summed E-state index contributed by atoms with van der Waals surface area (Å²) in [7, 11) is 0. The van der Waals surface area contributed by atoms with Gasteiger partial charge in [0.2, 0.25) is 5.88 Å². The van der Waals surface area contributed by atoms with Crippen LogP contribution in [0.3, 0.4) is 0 Å². The molecule has 5 nitrogen and oxygen atoms in total. The number of ether oxygens (including phenoxy) is 1. The van der Waals surface area contributed by atoms with Crippen LogP contribution in [0, 0.1) is 5.41 Å². The fourth-order valence-corrected chi connectivity index (χ4v) is 1.56. The van der Waals surface area contributed by atoms with Crippen molar-refractivity contribution in [2.75, 3.05) is 0 Å². The van der Waals surface area contributed by atoms with Gasteiger partial charge < -0.3 is 10.5 Å². The van der Waals surface area contributed by atoms with Crippen LogP contribution in [0.2, 0.25) is 0 Å². The van der Waals surface area contributed by atoms with Crippen LogP contribution in [-0.2, 0) is 0 Å². The lowest BCUT2D eigenvalue weighted by atomic mass is 10.1. The first-order chi connectivity index (χ1) is 8.68. The lowest BCUT2D eigenvalue weighted by Gasteiger charge is -2.15. The van der Waals surface area contributed by atoms with Gasteiger partial charge in [0.15, 0.2) is 5.69 Å². The maximum atomic E-state index is 7.42. The first kappa shape index (κ1) is 12.0. The van der Waals surface area contributed by atoms with E-state index >= 15 is 0 Å². The van der Waals surface area contributed by atoms with Gasteiger partial charge in [0, 0.05) is 12.4 Å². The fourth-order valence-electron chi connectivity index (χ4n) is 1.56. The predicted octanol–water partition coefficient (Wildman–Crippen LogP) is 1.90. The van der Waals surface area contributed by atoms with E-state index in [0.29, 0.717) is 0 Å². The normalized spacial score (nSPS) is 11.8. The van der Waals surface area contributed by atoms with Crippen LogP contribution in [0.4, 0.5) is 0 Å². The van der Waals surface area contributed by atoms with Crippen LogP contribution in [-0.4, -0.2) is 15.8 Å². The molecule has 2 rings (SSSR count). The van der Waals surface area contributed by atoms with Crippen molar-refractivity contribution in [3.05, 3.63) is 54.0 Å². The van der Waals surface area contributed by atoms with Gasteiger partial charge in [-0.1, -0.05) is 30.3 Å². The topological polar surface area (TPSA) is 84.9 Å². The van der Waals surface area contributed by atoms with E-state index in [2.05, 4.69) is 9.97 Å². The highest BCUT2D eigenvalue weighted by Crippen LogP contribution is 2.21. The molecule has 5 heteroatoms. The van der Waals surface area contributed by atoms with Crippen molar-refractivity contribution < 1.29 is 4.74 Å². The zero-order valence-corrected chi connectivity index (χ0v) is 10.00. The van der Waals surface area contributed by atoms with Gasteiger partial charge in [-0.3, -0.25) is 5.41 Å². The van der Waals surface area contributed by atoms with Crippen molar-refractivity contribution >= 4 is 5.84 Å². The molecule has 1 unspecified atom stereocenters. The predicted molar refractivity (Wildman–Crippen MR) is 68.5 cm³/mol. The number of nitrogens with two attached hydrogens (primary N) is 1. The quantitative estimate of drug-likeness (QED) is 0.633. The zero-order valence-electron chi connectivity index (χ0n) is 10.00. The standard InChI is InChI=1S/C13H14N4O/c1-9(10-5-3-2-4-6-10)18-13-11(12(14)15)16-7-8-17-13/h2-9H,1H3,(H3,14,15). The van der Waals surface area contributed by atoms with Crippen LogP contribution >= 0.6 is 0 Å². The SMILES string of the molecule is CC(Oc1nccnc1C(=N)N)c1ccccc1. The van der Waals surface area contributed by atoms with E-state index in [0.717, 1.165) is 5.56 Å². The molecule has 0 spiro atoms. The monoisotopic (exact) mass is 242 g/mol. The minimum atomic E-state index is -0.180. The molecule has 0 fully saturated rings. The van der Waals surface area contributed by atoms with Crippen LogP contribution in [0.25, 0.3) is 0 Å². The van der Waals surface area contributed by atoms with Gasteiger partial charge in [-0.25, -0.2) is 9.97 Å². The van der Waals surface area contributed by atoms with E-state index < -0.39 is 0 Å². The summed E-state index contributed by atoms with van der Waals surface area (Å²) in [4.78, 5) is 8.05. The first-order valence-electron chi connectivity index (χ1n) is 5.55. The summed E-state index contributed by atoms with van der Waals surface area (Å²) in [5, 5.41) is 7.42. The van der Waals surface area contributed by atoms with Crippen LogP contribution in [0.5, 0.6) is 5.88 Å². The Balaban J connectivity index is 2.22. The number of rotatable bonds is 4. The third-order valence-electron chi connectivity index (χ3n) is 2.48. The zero-order chi connectivity index (χ0) is 13.0. The smallest absolute Gasteiger partial charge is 0.244 e. The highest BCUT2D eigenvalue weighted by atomic mass is 16.5. The van der Waals surface area contributed by atoms with Gasteiger partial charge in [-0.15, -0.1) is 0 Å². The van der Waals surface area contributed by atoms with Crippen molar-refractivity contribution in [1.29, 1.82) is 5.41 Å². The molecule has 1 atom stereocenters. The molecule has 92 valence electrons. The summed E-state index contributed by atoms with van der Waals surface area (Å²) in [6.45, 7) is 1.91. The molecular formula is C13H14N4O. The molecular weight excluding hydrogens is 228 g/mol. The second-order valence-corrected chi connectivity index (χ2v) is 3.79. The Bertz CT molecular complexity index is 542. The van der Waals surface area contributed by atoms with Crippen LogP contribution in [0.1, 0.15) is 24.3 Å². The number of hydrogen-bond donors (Lipinski definition) is 2. The lowest BCUT2D eigenvalue weighted by molar-refractivity contribution is 0.216. The Labute approximate surface area is 105 Å². The summed E-state index contributed by atoms with van der Waals surface area (Å²) in [5.41, 5.74) is 6.72. The van der Waals surface area contributed by atoms with Gasteiger partial charge in [-0.2, -0.15) is 0 Å². The van der Waals surface area contributed by atoms with Crippen LogP contribution < -0.4 is 10.5 Å². The Hall–Kier alpha value is -2.43. The Morgan fingerprint density at radius 3 is 2.56 bits per heavy atom. The maximum absolute atomic E-state index is 7.42. The maximum Gasteiger partial charge on any atom is 0.244 e. The molecule has 3 N–H and O–H groups in total. The average molecular weight is 242 g/mol. The van der Waals surface area contributed by atoms with Gasteiger partial charge in [0.25, 0.3) is 0 Å². The average Bonchev–Trinajstić information content (AvgIpc) is 2.40. The van der Waals surface area contributed by atoms with Gasteiger partial charge >= 0.3 is 0 Å². The molecule has 0 amide bonds. The molecule has 0 bridgehead atoms. The summed E-state index contributed by atoms with van der Waals surface area (Å²) in [5.74, 6) is 0.125. The number of nitrogens with zero attached hydrogens (tertiary/aromatic N) is 2. The molecule has 0 aliphatic heterocycles. The molecule has 1 aromatic carbocycles. The van der Waals surface area contributed by atoms with Crippen LogP contribution in [0.15, 0.2) is 42.7 Å². The lowest BCUT2D eigenvalue weighted by Crippen LogP contribution is -2.17. The van der Waals surface area contributed by atoms with Gasteiger partial charge in [-0.05, 0) is 12.5 Å². The summed E-state index contributed by atoms with van der Waals surface area (Å²) in [6.07, 6.45) is 2.82. The van der Waals surface area contributed by atoms with Crippen molar-refractivity contribution in [3.8, 4) is 5.88 Å². The fraction of sp³-hybridized carbons (Fsp3) is 0.154. The Kier molecular flexibility index (Phi) is 3.52. The van der Waals surface area contributed by atoms with E-state index in [-0.39, 0.29) is 23.5 Å². The highest BCUT2D eigenvalue weighted by Gasteiger charge is 2.13. The molecule has 0 saturated heterocycles. The third-order valence-corrected chi connectivity index (χ3v) is 2.48.